The maximum absolute atomic E-state index is 10.2. The second-order valence-corrected chi connectivity index (χ2v) is 8.25. The van der Waals surface area contributed by atoms with Gasteiger partial charge in [0.25, 0.3) is 0 Å². The van der Waals surface area contributed by atoms with E-state index in [0.717, 1.165) is 15.8 Å². The molecule has 0 aliphatic carbocycles. The average Bonchev–Trinajstić information content (AvgIpc) is 2.78. The fourth-order valence-electron chi connectivity index (χ4n) is 2.68. The smallest absolute Gasteiger partial charge is 0.250 e. The van der Waals surface area contributed by atoms with Crippen LogP contribution in [0.25, 0.3) is 0 Å². The van der Waals surface area contributed by atoms with Crippen molar-refractivity contribution in [1.29, 1.82) is 0 Å². The first-order chi connectivity index (χ1) is 15.6. The molecule has 4 N–H and O–H groups in total. The van der Waals surface area contributed by atoms with E-state index in [0.29, 0.717) is 21.9 Å². The summed E-state index contributed by atoms with van der Waals surface area (Å²) in [5.74, 6) is 0.986. The van der Waals surface area contributed by atoms with Crippen molar-refractivity contribution in [1.82, 2.24) is 15.0 Å². The Morgan fingerprint density at radius 1 is 0.750 bits per heavy atom. The maximum atomic E-state index is 10.2. The molecule has 0 saturated heterocycles. The minimum atomic E-state index is 0.0762. The Bertz CT molecular complexity index is 1180. The molecule has 0 amide bonds. The van der Waals surface area contributed by atoms with Gasteiger partial charge in [0.05, 0.1) is 10.7 Å². The Hall–Kier alpha value is -3.50. The molecule has 160 valence electrons. The van der Waals surface area contributed by atoms with Crippen LogP contribution in [-0.2, 0) is 0 Å². The molecular formula is C22H17Br2N7O. The third-order valence-corrected chi connectivity index (χ3v) is 5.18. The summed E-state index contributed by atoms with van der Waals surface area (Å²) in [5.41, 5.74) is 4.98. The van der Waals surface area contributed by atoms with Crippen molar-refractivity contribution in [2.24, 2.45) is 5.10 Å². The van der Waals surface area contributed by atoms with Crippen LogP contribution in [0.1, 0.15) is 5.56 Å². The molecular weight excluding hydrogens is 538 g/mol. The van der Waals surface area contributed by atoms with Gasteiger partial charge in [0.2, 0.25) is 17.8 Å². The minimum absolute atomic E-state index is 0.0762. The van der Waals surface area contributed by atoms with Crippen LogP contribution in [0.4, 0.5) is 29.2 Å². The number of hydrogen-bond donors (Lipinski definition) is 4. The Kier molecular flexibility index (Phi) is 6.93. The first-order valence-electron chi connectivity index (χ1n) is 9.44. The van der Waals surface area contributed by atoms with Gasteiger partial charge in [-0.05, 0) is 52.3 Å². The van der Waals surface area contributed by atoms with Gasteiger partial charge >= 0.3 is 0 Å². The van der Waals surface area contributed by atoms with Crippen molar-refractivity contribution < 1.29 is 5.11 Å². The Balaban J connectivity index is 1.59. The van der Waals surface area contributed by atoms with Crippen LogP contribution in [0.2, 0.25) is 0 Å². The number of rotatable bonds is 7. The molecule has 0 unspecified atom stereocenters. The second kappa shape index (κ2) is 10.2. The zero-order valence-electron chi connectivity index (χ0n) is 16.5. The predicted molar refractivity (Wildman–Crippen MR) is 134 cm³/mol. The lowest BCUT2D eigenvalue weighted by Crippen LogP contribution is -2.07. The van der Waals surface area contributed by atoms with E-state index in [4.69, 9.17) is 0 Å². The van der Waals surface area contributed by atoms with Crippen LogP contribution in [0, 0.1) is 0 Å². The summed E-state index contributed by atoms with van der Waals surface area (Å²) in [4.78, 5) is 13.2. The highest BCUT2D eigenvalue weighted by molar-refractivity contribution is 9.11. The van der Waals surface area contributed by atoms with Gasteiger partial charge in [-0.1, -0.05) is 52.3 Å². The van der Waals surface area contributed by atoms with E-state index in [9.17, 15) is 5.11 Å². The van der Waals surface area contributed by atoms with E-state index < -0.39 is 0 Å². The summed E-state index contributed by atoms with van der Waals surface area (Å²) < 4.78 is 1.35. The van der Waals surface area contributed by atoms with E-state index in [1.165, 1.54) is 6.21 Å². The summed E-state index contributed by atoms with van der Waals surface area (Å²) in [6.07, 6.45) is 1.48. The van der Waals surface area contributed by atoms with E-state index in [-0.39, 0.29) is 11.7 Å². The number of aromatic nitrogens is 3. The van der Waals surface area contributed by atoms with Gasteiger partial charge in [-0.3, -0.25) is 0 Å². The Morgan fingerprint density at radius 3 is 1.84 bits per heavy atom. The van der Waals surface area contributed by atoms with Crippen LogP contribution in [0.3, 0.4) is 0 Å². The molecule has 0 fully saturated rings. The number of hydrazone groups is 1. The number of hydrogen-bond acceptors (Lipinski definition) is 8. The van der Waals surface area contributed by atoms with Crippen LogP contribution in [-0.4, -0.2) is 26.3 Å². The Morgan fingerprint density at radius 2 is 1.28 bits per heavy atom. The number of nitrogens with zero attached hydrogens (tertiary/aromatic N) is 4. The zero-order valence-corrected chi connectivity index (χ0v) is 19.7. The molecule has 1 heterocycles. The highest BCUT2D eigenvalue weighted by Gasteiger charge is 2.08. The summed E-state index contributed by atoms with van der Waals surface area (Å²) >= 11 is 6.70. The first kappa shape index (κ1) is 21.7. The third kappa shape index (κ3) is 5.80. The molecule has 4 rings (SSSR count). The van der Waals surface area contributed by atoms with Gasteiger partial charge in [-0.2, -0.15) is 20.1 Å². The number of halogens is 2. The standard InChI is InChI=1S/C22H17Br2N7O/c23-15-11-14(19(32)18(24)12-15)13-25-31-22-29-20(26-16-7-3-1-4-8-16)28-21(30-22)27-17-9-5-2-6-10-17/h1-13,32H,(H3,26,27,28,29,30,31)/b25-13+. The van der Waals surface area contributed by atoms with Gasteiger partial charge in [0.15, 0.2) is 0 Å². The summed E-state index contributed by atoms with van der Waals surface area (Å²) in [7, 11) is 0. The van der Waals surface area contributed by atoms with Gasteiger partial charge < -0.3 is 15.7 Å². The molecule has 32 heavy (non-hydrogen) atoms. The summed E-state index contributed by atoms with van der Waals surface area (Å²) in [6.45, 7) is 0. The fraction of sp³-hybridized carbons (Fsp3) is 0. The van der Waals surface area contributed by atoms with Crippen molar-refractivity contribution in [3.05, 3.63) is 87.3 Å². The number of phenolic OH excluding ortho intramolecular Hbond substituents is 1. The van der Waals surface area contributed by atoms with E-state index in [2.05, 4.69) is 68.0 Å². The van der Waals surface area contributed by atoms with Crippen molar-refractivity contribution in [2.75, 3.05) is 16.1 Å². The molecule has 0 bridgehead atoms. The first-order valence-corrected chi connectivity index (χ1v) is 11.0. The molecule has 1 aromatic heterocycles. The number of phenols is 1. The number of anilines is 5. The number of benzene rings is 3. The van der Waals surface area contributed by atoms with Crippen LogP contribution >= 0.6 is 31.9 Å². The lowest BCUT2D eigenvalue weighted by molar-refractivity contribution is 0.471. The van der Waals surface area contributed by atoms with E-state index in [1.54, 1.807) is 12.1 Å². The average molecular weight is 555 g/mol. The fourth-order valence-corrected chi connectivity index (χ4v) is 3.94. The van der Waals surface area contributed by atoms with Crippen LogP contribution in [0.5, 0.6) is 5.75 Å². The molecule has 0 spiro atoms. The number of aromatic hydroxyl groups is 1. The molecule has 8 nitrogen and oxygen atoms in total. The van der Waals surface area contributed by atoms with Crippen molar-refractivity contribution in [2.45, 2.75) is 0 Å². The van der Waals surface area contributed by atoms with Crippen molar-refractivity contribution in [3.8, 4) is 5.75 Å². The quantitative estimate of drug-likeness (QED) is 0.163. The third-order valence-electron chi connectivity index (χ3n) is 4.12. The van der Waals surface area contributed by atoms with Crippen molar-refractivity contribution in [3.63, 3.8) is 0 Å². The number of nitrogens with one attached hydrogen (secondary N) is 3. The highest BCUT2D eigenvalue weighted by Crippen LogP contribution is 2.30. The van der Waals surface area contributed by atoms with Crippen molar-refractivity contribution >= 4 is 67.3 Å². The topological polar surface area (TPSA) is 107 Å². The lowest BCUT2D eigenvalue weighted by atomic mass is 10.2. The van der Waals surface area contributed by atoms with Gasteiger partial charge in [0.1, 0.15) is 5.75 Å². The molecule has 0 radical (unpaired) electrons. The summed E-state index contributed by atoms with van der Waals surface area (Å²) in [5, 5.41) is 20.7. The highest BCUT2D eigenvalue weighted by atomic mass is 79.9. The molecule has 0 saturated carbocycles. The molecule has 3 aromatic carbocycles. The van der Waals surface area contributed by atoms with Gasteiger partial charge in [-0.25, -0.2) is 5.43 Å². The molecule has 0 atom stereocenters. The van der Waals surface area contributed by atoms with E-state index >= 15 is 0 Å². The van der Waals surface area contributed by atoms with Gasteiger partial charge in [-0.15, -0.1) is 0 Å². The molecule has 0 aliphatic rings. The number of para-hydroxylation sites is 2. The monoisotopic (exact) mass is 553 g/mol. The van der Waals surface area contributed by atoms with Crippen LogP contribution < -0.4 is 16.1 Å². The normalized spacial score (nSPS) is 10.8. The minimum Gasteiger partial charge on any atom is -0.506 e. The molecule has 4 aromatic rings. The zero-order chi connectivity index (χ0) is 22.3. The SMILES string of the molecule is Oc1c(Br)cc(Br)cc1/C=N/Nc1nc(Nc2ccccc2)nc(Nc2ccccc2)n1. The summed E-state index contributed by atoms with van der Waals surface area (Å²) in [6, 6.07) is 22.6. The largest absolute Gasteiger partial charge is 0.506 e. The lowest BCUT2D eigenvalue weighted by Gasteiger charge is -2.10. The van der Waals surface area contributed by atoms with E-state index in [1.807, 2.05) is 60.7 Å². The predicted octanol–water partition coefficient (Wildman–Crippen LogP) is 6.04. The van der Waals surface area contributed by atoms with Crippen LogP contribution in [0.15, 0.2) is 86.8 Å². The van der Waals surface area contributed by atoms with Gasteiger partial charge in [0, 0.05) is 21.4 Å². The second-order valence-electron chi connectivity index (χ2n) is 6.48. The molecule has 0 aliphatic heterocycles. The maximum Gasteiger partial charge on any atom is 0.250 e. The molecule has 10 heteroatoms. The Labute approximate surface area is 201 Å².